The van der Waals surface area contributed by atoms with E-state index in [2.05, 4.69) is 20.5 Å². The first-order valence-electron chi connectivity index (χ1n) is 9.81. The van der Waals surface area contributed by atoms with Gasteiger partial charge in [-0.25, -0.2) is 0 Å². The van der Waals surface area contributed by atoms with E-state index in [-0.39, 0.29) is 6.54 Å². The largest absolute Gasteiger partial charge is 0.497 e. The number of rotatable bonds is 9. The molecule has 7 heteroatoms. The number of nitrogens with zero attached hydrogens (tertiary/aromatic N) is 2. The zero-order chi connectivity index (χ0) is 19.5. The van der Waals surface area contributed by atoms with Crippen LogP contribution in [0.1, 0.15) is 37.9 Å². The lowest BCUT2D eigenvalue weighted by molar-refractivity contribution is 0.186. The van der Waals surface area contributed by atoms with E-state index >= 15 is 0 Å². The van der Waals surface area contributed by atoms with Crippen LogP contribution in [-0.4, -0.2) is 69.5 Å². The number of aliphatic hydroxyl groups excluding tert-OH is 1. The molecule has 1 aromatic carbocycles. The van der Waals surface area contributed by atoms with E-state index in [4.69, 9.17) is 9.47 Å². The number of benzene rings is 1. The zero-order valence-electron chi connectivity index (χ0n) is 16.8. The number of aliphatic hydroxyl groups is 1. The molecule has 1 unspecified atom stereocenters. The molecule has 1 saturated heterocycles. The zero-order valence-corrected chi connectivity index (χ0v) is 16.8. The van der Waals surface area contributed by atoms with Gasteiger partial charge in [-0.15, -0.1) is 0 Å². The van der Waals surface area contributed by atoms with Crippen LogP contribution in [0, 0.1) is 0 Å². The highest BCUT2D eigenvalue weighted by atomic mass is 16.5. The van der Waals surface area contributed by atoms with Crippen molar-refractivity contribution < 1.29 is 14.6 Å². The van der Waals surface area contributed by atoms with Gasteiger partial charge >= 0.3 is 0 Å². The summed E-state index contributed by atoms with van der Waals surface area (Å²) in [5, 5.41) is 17.1. The van der Waals surface area contributed by atoms with Gasteiger partial charge in [-0.1, -0.05) is 6.42 Å². The van der Waals surface area contributed by atoms with Gasteiger partial charge in [-0.2, -0.15) is 0 Å². The number of likely N-dealkylation sites (tertiary alicyclic amines) is 1. The van der Waals surface area contributed by atoms with Crippen molar-refractivity contribution in [2.75, 3.05) is 53.5 Å². The fourth-order valence-electron chi connectivity index (χ4n) is 3.16. The Morgan fingerprint density at radius 2 is 1.78 bits per heavy atom. The van der Waals surface area contributed by atoms with Gasteiger partial charge in [0, 0.05) is 25.7 Å². The highest BCUT2D eigenvalue weighted by Gasteiger charge is 2.12. The summed E-state index contributed by atoms with van der Waals surface area (Å²) in [6, 6.07) is 5.39. The molecule has 0 saturated carbocycles. The monoisotopic (exact) mass is 378 g/mol. The summed E-state index contributed by atoms with van der Waals surface area (Å²) in [7, 11) is 3.19. The Hall–Kier alpha value is -1.99. The van der Waals surface area contributed by atoms with Crippen molar-refractivity contribution >= 4 is 5.96 Å². The molecule has 3 N–H and O–H groups in total. The lowest BCUT2D eigenvalue weighted by Gasteiger charge is -2.26. The second-order valence-electron chi connectivity index (χ2n) is 6.71. The molecule has 0 aliphatic carbocycles. The van der Waals surface area contributed by atoms with Crippen molar-refractivity contribution in [1.82, 2.24) is 15.5 Å². The molecule has 0 spiro atoms. The molecule has 0 aromatic heterocycles. The molecule has 0 bridgehead atoms. The summed E-state index contributed by atoms with van der Waals surface area (Å²) in [5.74, 6) is 2.03. The molecular formula is C20H34N4O3. The average molecular weight is 379 g/mol. The molecule has 1 aromatic rings. The summed E-state index contributed by atoms with van der Waals surface area (Å²) in [6.07, 6.45) is 3.21. The van der Waals surface area contributed by atoms with E-state index in [1.807, 2.05) is 6.92 Å². The molecule has 1 aliphatic rings. The molecular weight excluding hydrogens is 344 g/mol. The highest BCUT2D eigenvalue weighted by Crippen LogP contribution is 2.26. The molecule has 7 nitrogen and oxygen atoms in total. The summed E-state index contributed by atoms with van der Waals surface area (Å²) >= 11 is 0. The van der Waals surface area contributed by atoms with E-state index in [1.165, 1.54) is 32.4 Å². The predicted molar refractivity (Wildman–Crippen MR) is 109 cm³/mol. The van der Waals surface area contributed by atoms with E-state index in [9.17, 15) is 5.11 Å². The van der Waals surface area contributed by atoms with E-state index < -0.39 is 6.10 Å². The highest BCUT2D eigenvalue weighted by molar-refractivity contribution is 5.79. The molecule has 0 radical (unpaired) electrons. The Balaban J connectivity index is 1.90. The number of methoxy groups -OCH3 is 2. The van der Waals surface area contributed by atoms with Crippen molar-refractivity contribution in [3.63, 3.8) is 0 Å². The van der Waals surface area contributed by atoms with E-state index in [1.54, 1.807) is 32.4 Å². The maximum absolute atomic E-state index is 10.5. The summed E-state index contributed by atoms with van der Waals surface area (Å²) in [5.41, 5.74) is 0.721. The number of nitrogens with one attached hydrogen (secondary N) is 2. The lowest BCUT2D eigenvalue weighted by Crippen LogP contribution is -2.42. The van der Waals surface area contributed by atoms with Crippen LogP contribution in [0.5, 0.6) is 11.5 Å². The first-order chi connectivity index (χ1) is 13.2. The van der Waals surface area contributed by atoms with Crippen LogP contribution in [0.25, 0.3) is 0 Å². The Kier molecular flexibility index (Phi) is 9.21. The quantitative estimate of drug-likeness (QED) is 0.449. The number of hydrogen-bond acceptors (Lipinski definition) is 5. The summed E-state index contributed by atoms with van der Waals surface area (Å²) in [4.78, 5) is 7.01. The third kappa shape index (κ3) is 7.27. The SMILES string of the molecule is CCNC(=NCC(O)c1cc(OC)cc(OC)c1)NCCN1CCCCC1. The minimum Gasteiger partial charge on any atom is -0.497 e. The minimum absolute atomic E-state index is 0.259. The first kappa shape index (κ1) is 21.3. The lowest BCUT2D eigenvalue weighted by atomic mass is 10.1. The normalized spacial score (nSPS) is 16.7. The second kappa shape index (κ2) is 11.7. The average Bonchev–Trinajstić information content (AvgIpc) is 2.72. The van der Waals surface area contributed by atoms with Gasteiger partial charge in [0.15, 0.2) is 5.96 Å². The fourth-order valence-corrected chi connectivity index (χ4v) is 3.16. The van der Waals surface area contributed by atoms with Crippen LogP contribution in [-0.2, 0) is 0 Å². The van der Waals surface area contributed by atoms with E-state index in [0.29, 0.717) is 11.5 Å². The second-order valence-corrected chi connectivity index (χ2v) is 6.71. The van der Waals surface area contributed by atoms with Crippen LogP contribution in [0.15, 0.2) is 23.2 Å². The molecule has 1 aliphatic heterocycles. The topological polar surface area (TPSA) is 78.4 Å². The molecule has 2 rings (SSSR count). The number of guanidine groups is 1. The summed E-state index contributed by atoms with van der Waals surface area (Å²) in [6.45, 7) is 7.30. The smallest absolute Gasteiger partial charge is 0.191 e. The third-order valence-corrected chi connectivity index (χ3v) is 4.69. The Morgan fingerprint density at radius 1 is 1.11 bits per heavy atom. The minimum atomic E-state index is -0.730. The van der Waals surface area contributed by atoms with Gasteiger partial charge in [0.25, 0.3) is 0 Å². The Morgan fingerprint density at radius 3 is 2.37 bits per heavy atom. The van der Waals surface area contributed by atoms with Crippen LogP contribution in [0.2, 0.25) is 0 Å². The van der Waals surface area contributed by atoms with Gasteiger partial charge in [-0.3, -0.25) is 4.99 Å². The molecule has 1 heterocycles. The van der Waals surface area contributed by atoms with Crippen molar-refractivity contribution in [3.8, 4) is 11.5 Å². The Bertz CT molecular complexity index is 566. The maximum Gasteiger partial charge on any atom is 0.191 e. The fraction of sp³-hybridized carbons (Fsp3) is 0.650. The van der Waals surface area contributed by atoms with Gasteiger partial charge in [0.2, 0.25) is 0 Å². The van der Waals surface area contributed by atoms with Crippen LogP contribution in [0.3, 0.4) is 0 Å². The van der Waals surface area contributed by atoms with Gasteiger partial charge in [0.05, 0.1) is 26.9 Å². The maximum atomic E-state index is 10.5. The number of aliphatic imine (C=N–C) groups is 1. The Labute approximate surface area is 162 Å². The van der Waals surface area contributed by atoms with Gasteiger partial charge in [0.1, 0.15) is 11.5 Å². The molecule has 152 valence electrons. The molecule has 1 fully saturated rings. The van der Waals surface area contributed by atoms with Crippen molar-refractivity contribution in [3.05, 3.63) is 23.8 Å². The molecule has 27 heavy (non-hydrogen) atoms. The standard InChI is InChI=1S/C20H34N4O3/c1-4-21-20(22-8-11-24-9-6-5-7-10-24)23-15-19(25)16-12-17(26-2)14-18(13-16)27-3/h12-14,19,25H,4-11,15H2,1-3H3,(H2,21,22,23). The van der Waals surface area contributed by atoms with Crippen molar-refractivity contribution in [1.29, 1.82) is 0 Å². The third-order valence-electron chi connectivity index (χ3n) is 4.69. The first-order valence-corrected chi connectivity index (χ1v) is 9.81. The summed E-state index contributed by atoms with van der Waals surface area (Å²) < 4.78 is 10.5. The number of hydrogen-bond donors (Lipinski definition) is 3. The van der Waals surface area contributed by atoms with Crippen LogP contribution < -0.4 is 20.1 Å². The molecule has 1 atom stereocenters. The van der Waals surface area contributed by atoms with E-state index in [0.717, 1.165) is 31.2 Å². The van der Waals surface area contributed by atoms with Gasteiger partial charge in [-0.05, 0) is 50.6 Å². The van der Waals surface area contributed by atoms with Crippen LogP contribution in [0.4, 0.5) is 0 Å². The van der Waals surface area contributed by atoms with Crippen molar-refractivity contribution in [2.24, 2.45) is 4.99 Å². The predicted octanol–water partition coefficient (Wildman–Crippen LogP) is 1.78. The van der Waals surface area contributed by atoms with Crippen molar-refractivity contribution in [2.45, 2.75) is 32.3 Å². The number of piperidine rings is 1. The number of ether oxygens (including phenoxy) is 2. The molecule has 0 amide bonds. The van der Waals surface area contributed by atoms with Crippen LogP contribution >= 0.6 is 0 Å². The van der Waals surface area contributed by atoms with Gasteiger partial charge < -0.3 is 30.1 Å².